The minimum atomic E-state index is 0.119. The molecule has 0 aromatic heterocycles. The highest BCUT2D eigenvalue weighted by Gasteiger charge is 2.27. The molecule has 0 unspecified atom stereocenters. The molecule has 3 nitrogen and oxygen atoms in total. The summed E-state index contributed by atoms with van der Waals surface area (Å²) in [4.78, 5) is 14.6. The first-order valence-corrected chi connectivity index (χ1v) is 7.10. The molecular formula is C16H23NO2. The van der Waals surface area contributed by atoms with Gasteiger partial charge in [0.05, 0.1) is 0 Å². The van der Waals surface area contributed by atoms with E-state index >= 15 is 0 Å². The molecule has 1 heterocycles. The molecule has 0 bridgehead atoms. The molecule has 0 radical (unpaired) electrons. The predicted octanol–water partition coefficient (Wildman–Crippen LogP) is 3.08. The fourth-order valence-corrected chi connectivity index (χ4v) is 2.62. The van der Waals surface area contributed by atoms with Crippen LogP contribution in [0.5, 0.6) is 0 Å². The van der Waals surface area contributed by atoms with Crippen LogP contribution in [0, 0.1) is 19.8 Å². The quantitative estimate of drug-likeness (QED) is 0.837. The van der Waals surface area contributed by atoms with E-state index in [1.807, 2.05) is 11.8 Å². The van der Waals surface area contributed by atoms with Crippen molar-refractivity contribution < 1.29 is 9.53 Å². The van der Waals surface area contributed by atoms with Crippen LogP contribution in [0.4, 0.5) is 5.69 Å². The van der Waals surface area contributed by atoms with Gasteiger partial charge in [0.1, 0.15) is 0 Å². The van der Waals surface area contributed by atoms with Gasteiger partial charge in [-0.25, -0.2) is 0 Å². The Morgan fingerprint density at radius 2 is 2.00 bits per heavy atom. The summed E-state index contributed by atoms with van der Waals surface area (Å²) in [6, 6.07) is 6.28. The number of hydrogen-bond acceptors (Lipinski definition) is 2. The average Bonchev–Trinajstić information content (AvgIpc) is 2.44. The maximum Gasteiger partial charge on any atom is 0.230 e. The third kappa shape index (κ3) is 3.16. The highest BCUT2D eigenvalue weighted by Crippen LogP contribution is 2.26. The van der Waals surface area contributed by atoms with Crippen LogP contribution in [0.2, 0.25) is 0 Å². The van der Waals surface area contributed by atoms with Gasteiger partial charge in [-0.3, -0.25) is 4.79 Å². The van der Waals surface area contributed by atoms with E-state index in [-0.39, 0.29) is 11.8 Å². The Morgan fingerprint density at radius 3 is 2.63 bits per heavy atom. The zero-order valence-electron chi connectivity index (χ0n) is 12.1. The van der Waals surface area contributed by atoms with Gasteiger partial charge in [0, 0.05) is 31.4 Å². The van der Waals surface area contributed by atoms with Crippen molar-refractivity contribution in [2.45, 2.75) is 33.6 Å². The number of carbonyl (C=O) groups is 1. The van der Waals surface area contributed by atoms with Gasteiger partial charge in [-0.1, -0.05) is 12.1 Å². The molecule has 2 rings (SSSR count). The smallest absolute Gasteiger partial charge is 0.230 e. The Balaban J connectivity index is 2.23. The van der Waals surface area contributed by atoms with Gasteiger partial charge in [0.25, 0.3) is 0 Å². The zero-order chi connectivity index (χ0) is 13.8. The number of rotatable bonds is 3. The van der Waals surface area contributed by atoms with Crippen LogP contribution in [0.15, 0.2) is 18.2 Å². The van der Waals surface area contributed by atoms with Crippen molar-refractivity contribution in [3.8, 4) is 0 Å². The third-order valence-electron chi connectivity index (χ3n) is 3.81. The molecule has 1 saturated heterocycles. The van der Waals surface area contributed by atoms with Gasteiger partial charge < -0.3 is 9.64 Å². The summed E-state index contributed by atoms with van der Waals surface area (Å²) >= 11 is 0. The molecule has 0 saturated carbocycles. The Hall–Kier alpha value is -1.35. The summed E-state index contributed by atoms with van der Waals surface area (Å²) < 4.78 is 5.34. The SMILES string of the molecule is CCN(C(=O)C1CCOCC1)c1cc(C)ccc1C. The lowest BCUT2D eigenvalue weighted by atomic mass is 9.97. The molecule has 1 aromatic rings. The van der Waals surface area contributed by atoms with Gasteiger partial charge in [-0.15, -0.1) is 0 Å². The van der Waals surface area contributed by atoms with Crippen molar-refractivity contribution in [3.63, 3.8) is 0 Å². The minimum absolute atomic E-state index is 0.119. The van der Waals surface area contributed by atoms with Crippen molar-refractivity contribution in [2.24, 2.45) is 5.92 Å². The third-order valence-corrected chi connectivity index (χ3v) is 3.81. The molecule has 1 aromatic carbocycles. The van der Waals surface area contributed by atoms with Crippen molar-refractivity contribution in [1.82, 2.24) is 0 Å². The molecule has 0 aliphatic carbocycles. The largest absolute Gasteiger partial charge is 0.381 e. The molecule has 1 aliphatic heterocycles. The second-order valence-electron chi connectivity index (χ2n) is 5.26. The van der Waals surface area contributed by atoms with E-state index in [4.69, 9.17) is 4.74 Å². The monoisotopic (exact) mass is 261 g/mol. The van der Waals surface area contributed by atoms with E-state index in [0.717, 1.165) is 30.6 Å². The van der Waals surface area contributed by atoms with Crippen molar-refractivity contribution in [3.05, 3.63) is 29.3 Å². The first-order valence-electron chi connectivity index (χ1n) is 7.10. The fourth-order valence-electron chi connectivity index (χ4n) is 2.62. The predicted molar refractivity (Wildman–Crippen MR) is 77.5 cm³/mol. The highest BCUT2D eigenvalue weighted by atomic mass is 16.5. The number of nitrogens with zero attached hydrogens (tertiary/aromatic N) is 1. The Bertz CT molecular complexity index is 450. The van der Waals surface area contributed by atoms with Crippen LogP contribution in [0.3, 0.4) is 0 Å². The summed E-state index contributed by atoms with van der Waals surface area (Å²) in [6.45, 7) is 8.31. The van der Waals surface area contributed by atoms with Gasteiger partial charge >= 0.3 is 0 Å². The number of benzene rings is 1. The lowest BCUT2D eigenvalue weighted by molar-refractivity contribution is -0.125. The van der Waals surface area contributed by atoms with Crippen molar-refractivity contribution in [2.75, 3.05) is 24.7 Å². The summed E-state index contributed by atoms with van der Waals surface area (Å²) in [7, 11) is 0. The Labute approximate surface area is 115 Å². The molecule has 104 valence electrons. The van der Waals surface area contributed by atoms with Crippen LogP contribution in [-0.4, -0.2) is 25.7 Å². The van der Waals surface area contributed by atoms with Gasteiger partial charge in [0.15, 0.2) is 0 Å². The molecule has 0 spiro atoms. The molecule has 0 atom stereocenters. The molecule has 1 amide bonds. The Morgan fingerprint density at radius 1 is 1.32 bits per heavy atom. The molecule has 3 heteroatoms. The minimum Gasteiger partial charge on any atom is -0.381 e. The van der Waals surface area contributed by atoms with Crippen LogP contribution in [0.1, 0.15) is 30.9 Å². The van der Waals surface area contributed by atoms with E-state index in [2.05, 4.69) is 32.0 Å². The molecular weight excluding hydrogens is 238 g/mol. The van der Waals surface area contributed by atoms with Crippen molar-refractivity contribution in [1.29, 1.82) is 0 Å². The van der Waals surface area contributed by atoms with E-state index in [0.29, 0.717) is 13.2 Å². The summed E-state index contributed by atoms with van der Waals surface area (Å²) in [6.07, 6.45) is 1.69. The van der Waals surface area contributed by atoms with Crippen LogP contribution in [-0.2, 0) is 9.53 Å². The number of aryl methyl sites for hydroxylation is 2. The summed E-state index contributed by atoms with van der Waals surface area (Å²) in [5, 5.41) is 0. The molecule has 0 N–H and O–H groups in total. The number of carbonyl (C=O) groups excluding carboxylic acids is 1. The fraction of sp³-hybridized carbons (Fsp3) is 0.562. The number of anilines is 1. The maximum absolute atomic E-state index is 12.7. The number of amides is 1. The average molecular weight is 261 g/mol. The molecule has 1 fully saturated rings. The van der Waals surface area contributed by atoms with Crippen molar-refractivity contribution >= 4 is 11.6 Å². The summed E-state index contributed by atoms with van der Waals surface area (Å²) in [5.74, 6) is 0.369. The molecule has 19 heavy (non-hydrogen) atoms. The van der Waals surface area contributed by atoms with E-state index in [1.54, 1.807) is 0 Å². The van der Waals surface area contributed by atoms with Gasteiger partial charge in [-0.2, -0.15) is 0 Å². The first kappa shape index (κ1) is 14.1. The van der Waals surface area contributed by atoms with Crippen LogP contribution in [0.25, 0.3) is 0 Å². The Kier molecular flexibility index (Phi) is 4.59. The summed E-state index contributed by atoms with van der Waals surface area (Å²) in [5.41, 5.74) is 3.41. The lowest BCUT2D eigenvalue weighted by Gasteiger charge is -2.29. The second kappa shape index (κ2) is 6.20. The van der Waals surface area contributed by atoms with Crippen LogP contribution < -0.4 is 4.90 Å². The standard InChI is InChI=1S/C16H23NO2/c1-4-17(15-11-12(2)5-6-13(15)3)16(18)14-7-9-19-10-8-14/h5-6,11,14H,4,7-10H2,1-3H3. The first-order chi connectivity index (χ1) is 9.13. The topological polar surface area (TPSA) is 29.5 Å². The van der Waals surface area contributed by atoms with E-state index in [9.17, 15) is 4.79 Å². The van der Waals surface area contributed by atoms with E-state index in [1.165, 1.54) is 5.56 Å². The van der Waals surface area contributed by atoms with E-state index < -0.39 is 0 Å². The molecule has 1 aliphatic rings. The van der Waals surface area contributed by atoms with Crippen LogP contribution >= 0.6 is 0 Å². The number of hydrogen-bond donors (Lipinski definition) is 0. The normalized spacial score (nSPS) is 16.4. The number of ether oxygens (including phenoxy) is 1. The highest BCUT2D eigenvalue weighted by molar-refractivity contribution is 5.95. The zero-order valence-corrected chi connectivity index (χ0v) is 12.1. The second-order valence-corrected chi connectivity index (χ2v) is 5.26. The van der Waals surface area contributed by atoms with Gasteiger partial charge in [-0.05, 0) is 50.8 Å². The maximum atomic E-state index is 12.7. The lowest BCUT2D eigenvalue weighted by Crippen LogP contribution is -2.38. The van der Waals surface area contributed by atoms with Gasteiger partial charge in [0.2, 0.25) is 5.91 Å².